The summed E-state index contributed by atoms with van der Waals surface area (Å²) >= 11 is 0. The maximum absolute atomic E-state index is 13.4. The van der Waals surface area contributed by atoms with Crippen LogP contribution in [0.25, 0.3) is 0 Å². The third-order valence-electron chi connectivity index (χ3n) is 6.68. The molecule has 0 heterocycles. The Morgan fingerprint density at radius 1 is 0.943 bits per heavy atom. The van der Waals surface area contributed by atoms with Gasteiger partial charge >= 0.3 is 0 Å². The minimum Gasteiger partial charge on any atom is -0.352 e. The molecule has 190 valence electrons. The summed E-state index contributed by atoms with van der Waals surface area (Å²) in [5.41, 5.74) is 2.92. The van der Waals surface area contributed by atoms with E-state index in [1.54, 1.807) is 19.1 Å². The minimum absolute atomic E-state index is 0.125. The zero-order chi connectivity index (χ0) is 25.6. The Balaban J connectivity index is 1.78. The van der Waals surface area contributed by atoms with Gasteiger partial charge in [-0.25, -0.2) is 8.42 Å². The van der Waals surface area contributed by atoms with Crippen molar-refractivity contribution in [1.82, 2.24) is 14.5 Å². The molecule has 1 aliphatic carbocycles. The minimum atomic E-state index is -3.85. The first kappa shape index (κ1) is 26.9. The number of carbonyl (C=O) groups is 2. The largest absolute Gasteiger partial charge is 0.352 e. The second-order valence-corrected chi connectivity index (χ2v) is 11.6. The Hall–Kier alpha value is -2.71. The first-order valence-corrected chi connectivity index (χ1v) is 13.7. The molecule has 8 heteroatoms. The van der Waals surface area contributed by atoms with Gasteiger partial charge in [-0.15, -0.1) is 0 Å². The number of nitrogens with zero attached hydrogens (tertiary/aromatic N) is 2. The van der Waals surface area contributed by atoms with Gasteiger partial charge in [0.05, 0.1) is 11.4 Å². The monoisotopic (exact) mass is 499 g/mol. The van der Waals surface area contributed by atoms with Crippen molar-refractivity contribution in [1.29, 1.82) is 0 Å². The molecule has 1 atom stereocenters. The highest BCUT2D eigenvalue weighted by Crippen LogP contribution is 2.19. The van der Waals surface area contributed by atoms with Gasteiger partial charge in [-0.1, -0.05) is 66.8 Å². The molecule has 0 spiro atoms. The van der Waals surface area contributed by atoms with E-state index in [2.05, 4.69) is 5.32 Å². The Morgan fingerprint density at radius 2 is 1.49 bits per heavy atom. The van der Waals surface area contributed by atoms with E-state index in [0.717, 1.165) is 46.7 Å². The van der Waals surface area contributed by atoms with Gasteiger partial charge in [-0.05, 0) is 51.3 Å². The van der Waals surface area contributed by atoms with Gasteiger partial charge < -0.3 is 10.2 Å². The Morgan fingerprint density at radius 3 is 2.06 bits per heavy atom. The van der Waals surface area contributed by atoms with Crippen LogP contribution in [0, 0.1) is 13.8 Å². The number of nitrogens with one attached hydrogen (secondary N) is 1. The van der Waals surface area contributed by atoms with Gasteiger partial charge in [0.15, 0.2) is 0 Å². The second kappa shape index (κ2) is 11.8. The average molecular weight is 500 g/mol. The molecule has 7 nitrogen and oxygen atoms in total. The lowest BCUT2D eigenvalue weighted by molar-refractivity contribution is -0.141. The molecule has 0 radical (unpaired) electrons. The smallest absolute Gasteiger partial charge is 0.243 e. The fourth-order valence-electron chi connectivity index (χ4n) is 4.30. The van der Waals surface area contributed by atoms with Crippen LogP contribution < -0.4 is 5.32 Å². The molecule has 1 unspecified atom stereocenters. The molecule has 2 aromatic carbocycles. The third-order valence-corrected chi connectivity index (χ3v) is 8.50. The molecule has 2 amide bonds. The molecular weight excluding hydrogens is 462 g/mol. The zero-order valence-corrected chi connectivity index (χ0v) is 22.0. The quantitative estimate of drug-likeness (QED) is 0.569. The fourth-order valence-corrected chi connectivity index (χ4v) is 5.42. The number of benzene rings is 2. The van der Waals surface area contributed by atoms with E-state index in [9.17, 15) is 18.0 Å². The number of carbonyl (C=O) groups excluding carboxylic acids is 2. The molecule has 1 aliphatic rings. The predicted octanol–water partition coefficient (Wildman–Crippen LogP) is 3.79. The van der Waals surface area contributed by atoms with E-state index in [-0.39, 0.29) is 29.9 Å². The first-order chi connectivity index (χ1) is 16.6. The zero-order valence-electron chi connectivity index (χ0n) is 21.2. The van der Waals surface area contributed by atoms with Crippen molar-refractivity contribution in [3.8, 4) is 0 Å². The van der Waals surface area contributed by atoms with Crippen molar-refractivity contribution in [3.05, 3.63) is 65.2 Å². The van der Waals surface area contributed by atoms with Gasteiger partial charge in [-0.2, -0.15) is 4.31 Å². The molecule has 3 rings (SSSR count). The molecule has 35 heavy (non-hydrogen) atoms. The van der Waals surface area contributed by atoms with Crippen LogP contribution in [0.2, 0.25) is 0 Å². The summed E-state index contributed by atoms with van der Waals surface area (Å²) in [5.74, 6) is -0.628. The van der Waals surface area contributed by atoms with Gasteiger partial charge in [0, 0.05) is 19.6 Å². The predicted molar refractivity (Wildman–Crippen MR) is 137 cm³/mol. The molecular formula is C27H37N3O4S. The van der Waals surface area contributed by atoms with Crippen LogP contribution in [0.4, 0.5) is 0 Å². The summed E-state index contributed by atoms with van der Waals surface area (Å²) in [6, 6.07) is 13.7. The fraction of sp³-hybridized carbons (Fsp3) is 0.481. The molecule has 0 aliphatic heterocycles. The van der Waals surface area contributed by atoms with Crippen LogP contribution in [0.15, 0.2) is 53.4 Å². The van der Waals surface area contributed by atoms with Crippen LogP contribution in [0.1, 0.15) is 55.7 Å². The summed E-state index contributed by atoms with van der Waals surface area (Å²) < 4.78 is 27.1. The number of aryl methyl sites for hydroxylation is 2. The van der Waals surface area contributed by atoms with E-state index < -0.39 is 22.0 Å². The number of amides is 2. The van der Waals surface area contributed by atoms with Crippen molar-refractivity contribution in [3.63, 3.8) is 0 Å². The van der Waals surface area contributed by atoms with Gasteiger partial charge in [-0.3, -0.25) is 9.59 Å². The summed E-state index contributed by atoms with van der Waals surface area (Å²) in [6.07, 6.45) is 5.26. The van der Waals surface area contributed by atoms with E-state index in [1.807, 2.05) is 38.1 Å². The normalized spacial score (nSPS) is 15.6. The van der Waals surface area contributed by atoms with E-state index in [1.165, 1.54) is 30.5 Å². The molecule has 1 N–H and O–H groups in total. The Labute approximate surface area is 209 Å². The highest BCUT2D eigenvalue weighted by Gasteiger charge is 2.31. The standard InChI is InChI=1S/C27H37N3O4S/c1-20-10-14-23(15-11-20)18-30(22(3)27(32)28-24-8-6-5-7-9-24)26(31)19-29(4)35(33,34)25-16-12-21(2)13-17-25/h10-17,22,24H,5-9,18-19H2,1-4H3,(H,28,32). The van der Waals surface area contributed by atoms with E-state index >= 15 is 0 Å². The van der Waals surface area contributed by atoms with Crippen molar-refractivity contribution in [2.45, 2.75) is 76.4 Å². The van der Waals surface area contributed by atoms with E-state index in [4.69, 9.17) is 0 Å². The molecule has 0 saturated heterocycles. The molecule has 2 aromatic rings. The SMILES string of the molecule is Cc1ccc(CN(C(=O)CN(C)S(=O)(=O)c2ccc(C)cc2)C(C)C(=O)NC2CCCCC2)cc1. The number of hydrogen-bond donors (Lipinski definition) is 1. The van der Waals surface area contributed by atoms with Crippen LogP contribution in [-0.2, 0) is 26.2 Å². The number of sulfonamides is 1. The summed E-state index contributed by atoms with van der Waals surface area (Å²) in [5, 5.41) is 3.10. The molecule has 0 aromatic heterocycles. The van der Waals surface area contributed by atoms with Crippen molar-refractivity contribution in [2.24, 2.45) is 0 Å². The summed E-state index contributed by atoms with van der Waals surface area (Å²) in [7, 11) is -2.45. The highest BCUT2D eigenvalue weighted by atomic mass is 32.2. The van der Waals surface area contributed by atoms with Crippen LogP contribution in [-0.4, -0.2) is 55.1 Å². The first-order valence-electron chi connectivity index (χ1n) is 12.3. The number of rotatable bonds is 9. The average Bonchev–Trinajstić information content (AvgIpc) is 2.84. The lowest BCUT2D eigenvalue weighted by Gasteiger charge is -2.32. The van der Waals surface area contributed by atoms with Crippen molar-refractivity contribution < 1.29 is 18.0 Å². The maximum Gasteiger partial charge on any atom is 0.243 e. The second-order valence-electron chi connectivity index (χ2n) is 9.60. The van der Waals surface area contributed by atoms with Crippen LogP contribution in [0.5, 0.6) is 0 Å². The number of likely N-dealkylation sites (N-methyl/N-ethyl adjacent to an activating group) is 1. The molecule has 1 fully saturated rings. The summed E-state index contributed by atoms with van der Waals surface area (Å²) in [4.78, 5) is 28.1. The Kier molecular flexibility index (Phi) is 9.08. The molecule has 1 saturated carbocycles. The van der Waals surface area contributed by atoms with Crippen molar-refractivity contribution >= 4 is 21.8 Å². The van der Waals surface area contributed by atoms with Crippen LogP contribution >= 0.6 is 0 Å². The van der Waals surface area contributed by atoms with Gasteiger partial charge in [0.1, 0.15) is 6.04 Å². The lowest BCUT2D eigenvalue weighted by atomic mass is 9.95. The van der Waals surface area contributed by atoms with E-state index in [0.29, 0.717) is 0 Å². The van der Waals surface area contributed by atoms with Crippen molar-refractivity contribution in [2.75, 3.05) is 13.6 Å². The Bertz CT molecular complexity index is 1110. The highest BCUT2D eigenvalue weighted by molar-refractivity contribution is 7.89. The topological polar surface area (TPSA) is 86.8 Å². The van der Waals surface area contributed by atoms with Gasteiger partial charge in [0.2, 0.25) is 21.8 Å². The van der Waals surface area contributed by atoms with Crippen LogP contribution in [0.3, 0.4) is 0 Å². The third kappa shape index (κ3) is 7.15. The molecule has 0 bridgehead atoms. The van der Waals surface area contributed by atoms with Gasteiger partial charge in [0.25, 0.3) is 0 Å². The number of hydrogen-bond acceptors (Lipinski definition) is 4. The maximum atomic E-state index is 13.4. The summed E-state index contributed by atoms with van der Waals surface area (Å²) in [6.45, 7) is 5.43. The lowest BCUT2D eigenvalue weighted by Crippen LogP contribution is -2.52.